The van der Waals surface area contributed by atoms with Crippen LogP contribution in [0.3, 0.4) is 0 Å². The third-order valence-corrected chi connectivity index (χ3v) is 0. The van der Waals surface area contributed by atoms with Crippen LogP contribution in [0.15, 0.2) is 0 Å². The molecular weight excluding hydrogens is 993 g/mol. The third-order valence-electron chi connectivity index (χ3n) is 0. The summed E-state index contributed by atoms with van der Waals surface area (Å²) in [6.45, 7) is 0. The van der Waals surface area contributed by atoms with E-state index >= 15 is 0 Å². The molecule has 0 radical (unpaired) electrons. The van der Waals surface area contributed by atoms with Gasteiger partial charge in [-0.2, -0.15) is 0 Å². The molecule has 0 N–H and O–H groups in total. The van der Waals surface area contributed by atoms with Gasteiger partial charge in [-0.15, -0.1) is 0 Å². The van der Waals surface area contributed by atoms with Gasteiger partial charge in [-0.05, 0) is 0 Å². The summed E-state index contributed by atoms with van der Waals surface area (Å²) in [6.07, 6.45) is 0. The Morgan fingerprint density at radius 1 is 0.143 bits per heavy atom. The Morgan fingerprint density at radius 3 is 0.143 bits per heavy atom. The molecule has 0 aromatic carbocycles. The van der Waals surface area contributed by atoms with E-state index in [0.29, 0.717) is 0 Å². The first kappa shape index (κ1) is 146. The Kier molecular flexibility index (Phi) is 1320. The average Bonchev–Trinajstić information content (AvgIpc) is 0. The van der Waals surface area contributed by atoms with E-state index < -0.39 is 0 Å². The van der Waals surface area contributed by atoms with Crippen LogP contribution in [0.5, 0.6) is 0 Å². The molecule has 0 saturated heterocycles. The first-order valence-corrected chi connectivity index (χ1v) is 0. The summed E-state index contributed by atoms with van der Waals surface area (Å²) < 4.78 is 0. The molecule has 0 nitrogen and oxygen atoms in total. The Hall–Kier alpha value is 8.35. The molecule has 0 amide bonds. The molecule has 0 unspecified atom stereocenters. The number of rotatable bonds is 0. The predicted octanol–water partition coefficient (Wildman–Crippen LogP) is -18.2. The SMILES string of the molecule is [GaH3].[GaH3].[GaH3].[GaH3].[GaH3].[GaH3].[GaH3].[GaH3].[GeH4].[GeH4].[GeH4].[GeH4].[GeH4].[GeH4]. The minimum absolute atomic E-state index is 0. The summed E-state index contributed by atoms with van der Waals surface area (Å²) in [5.74, 6) is 0. The zero-order chi connectivity index (χ0) is 0. The van der Waals surface area contributed by atoms with Crippen molar-refractivity contribution in [1.29, 1.82) is 0 Å². The van der Waals surface area contributed by atoms with Crippen LogP contribution in [-0.4, -0.2) is 264 Å². The normalized spacial score (nSPS) is 0. The van der Waals surface area contributed by atoms with Crippen molar-refractivity contribution in [1.82, 2.24) is 0 Å². The Morgan fingerprint density at radius 2 is 0.143 bits per heavy atom. The van der Waals surface area contributed by atoms with Gasteiger partial charge < -0.3 is 0 Å². The van der Waals surface area contributed by atoms with Gasteiger partial charge in [0.15, 0.2) is 0 Å². The van der Waals surface area contributed by atoms with E-state index in [-0.39, 0.29) is 264 Å². The van der Waals surface area contributed by atoms with E-state index in [2.05, 4.69) is 0 Å². The molecule has 14 heteroatoms. The molecule has 0 aliphatic carbocycles. The molecule has 0 aromatic rings. The Labute approximate surface area is 257 Å². The fourth-order valence-electron chi connectivity index (χ4n) is 0. The molecule has 0 saturated carbocycles. The molecule has 14 heavy (non-hydrogen) atoms. The van der Waals surface area contributed by atoms with Gasteiger partial charge >= 0.3 is 264 Å². The molecule has 0 atom stereocenters. The molecule has 0 spiro atoms. The first-order chi connectivity index (χ1) is 0. The van der Waals surface area contributed by atoms with E-state index in [1.807, 2.05) is 0 Å². The van der Waals surface area contributed by atoms with Crippen LogP contribution in [-0.2, 0) is 0 Å². The van der Waals surface area contributed by atoms with Crippen LogP contribution >= 0.6 is 0 Å². The molecule has 96 valence electrons. The predicted molar refractivity (Wildman–Crippen MR) is 148 cm³/mol. The minimum atomic E-state index is 0. The van der Waals surface area contributed by atoms with E-state index in [9.17, 15) is 0 Å². The summed E-state index contributed by atoms with van der Waals surface area (Å²) in [6, 6.07) is 0. The summed E-state index contributed by atoms with van der Waals surface area (Å²) in [5, 5.41) is 0. The van der Waals surface area contributed by atoms with E-state index in [1.54, 1.807) is 0 Å². The number of hydrogen-bond acceptors (Lipinski definition) is 0. The van der Waals surface area contributed by atoms with Crippen molar-refractivity contribution < 1.29 is 0 Å². The Balaban J connectivity index is 0. The van der Waals surface area contributed by atoms with Gasteiger partial charge in [0.1, 0.15) is 0 Å². The summed E-state index contributed by atoms with van der Waals surface area (Å²) in [4.78, 5) is 0. The van der Waals surface area contributed by atoms with Gasteiger partial charge in [0, 0.05) is 0 Å². The molecule has 0 fully saturated rings. The van der Waals surface area contributed by atoms with Gasteiger partial charge in [-0.1, -0.05) is 0 Å². The van der Waals surface area contributed by atoms with Crippen molar-refractivity contribution in [3.8, 4) is 0 Å². The van der Waals surface area contributed by atoms with Crippen molar-refractivity contribution in [3.05, 3.63) is 0 Å². The second-order valence-corrected chi connectivity index (χ2v) is 0. The van der Waals surface area contributed by atoms with Gasteiger partial charge in [-0.3, -0.25) is 0 Å². The van der Waals surface area contributed by atoms with Crippen LogP contribution in [0.25, 0.3) is 0 Å². The average molecular weight is 1040 g/mol. The maximum atomic E-state index is 0. The molecule has 0 aliphatic heterocycles. The maximum absolute atomic E-state index is 0. The first-order valence-electron chi connectivity index (χ1n) is 0. The molecule has 0 aromatic heterocycles. The van der Waals surface area contributed by atoms with Crippen LogP contribution in [0.2, 0.25) is 0 Å². The molecule has 0 bridgehead atoms. The quantitative estimate of drug-likeness (QED) is 0.212. The van der Waals surface area contributed by atoms with Gasteiger partial charge in [0.2, 0.25) is 0 Å². The fraction of sp³-hybridized carbons (Fsp3) is 0. The third kappa shape index (κ3) is 109. The van der Waals surface area contributed by atoms with Crippen molar-refractivity contribution in [2.45, 2.75) is 0 Å². The van der Waals surface area contributed by atoms with Crippen molar-refractivity contribution in [2.24, 2.45) is 0 Å². The van der Waals surface area contributed by atoms with Crippen molar-refractivity contribution in [2.75, 3.05) is 0 Å². The standard InChI is InChI=1S/8Ga.6GeH4.24H/h;;;;;;;;6*1H4;;;;;;;;;;;;;;;;;;;;;;;;. The van der Waals surface area contributed by atoms with Crippen molar-refractivity contribution in [3.63, 3.8) is 0 Å². The monoisotopic (exact) mass is 1040 g/mol. The molecular formula is H48Ga8Ge6. The van der Waals surface area contributed by atoms with Crippen LogP contribution < -0.4 is 0 Å². The zero-order valence-electron chi connectivity index (χ0n) is 0. The van der Waals surface area contributed by atoms with Gasteiger partial charge in [0.05, 0.1) is 0 Å². The van der Waals surface area contributed by atoms with E-state index in [0.717, 1.165) is 0 Å². The summed E-state index contributed by atoms with van der Waals surface area (Å²) >= 11 is 0. The van der Waals surface area contributed by atoms with Crippen LogP contribution in [0.4, 0.5) is 0 Å². The summed E-state index contributed by atoms with van der Waals surface area (Å²) in [7, 11) is 0. The second kappa shape index (κ2) is 127. The fourth-order valence-corrected chi connectivity index (χ4v) is 0. The van der Waals surface area contributed by atoms with Crippen LogP contribution in [0, 0.1) is 0 Å². The Bertz CT molecular complexity index is 13.8. The molecule has 0 rings (SSSR count). The topological polar surface area (TPSA) is 0 Å². The van der Waals surface area contributed by atoms with Crippen molar-refractivity contribution >= 4 is 264 Å². The van der Waals surface area contributed by atoms with Gasteiger partial charge in [0.25, 0.3) is 0 Å². The molecule has 0 heterocycles. The number of hydrogen-bond donors (Lipinski definition) is 0. The van der Waals surface area contributed by atoms with E-state index in [1.165, 1.54) is 0 Å². The van der Waals surface area contributed by atoms with Gasteiger partial charge in [-0.25, -0.2) is 0 Å². The van der Waals surface area contributed by atoms with E-state index in [4.69, 9.17) is 0 Å². The second-order valence-electron chi connectivity index (χ2n) is 0. The summed E-state index contributed by atoms with van der Waals surface area (Å²) in [5.41, 5.74) is 0. The zero-order valence-corrected chi connectivity index (χ0v) is 0. The van der Waals surface area contributed by atoms with Crippen LogP contribution in [0.1, 0.15) is 0 Å². The molecule has 0 aliphatic rings.